The Hall–Kier alpha value is -1.84. The predicted octanol–water partition coefficient (Wildman–Crippen LogP) is 2.01. The molecular weight excluding hydrogens is 218 g/mol. The Kier molecular flexibility index (Phi) is 3.42. The summed E-state index contributed by atoms with van der Waals surface area (Å²) in [5, 5.41) is 8.60. The first kappa shape index (κ1) is 11.6. The number of aryl methyl sites for hydroxylation is 1. The molecule has 17 heavy (non-hydrogen) atoms. The number of carboxylic acid groups (broad SMARTS) is 1. The van der Waals surface area contributed by atoms with E-state index < -0.39 is 5.97 Å². The van der Waals surface area contributed by atoms with Crippen molar-refractivity contribution in [2.45, 2.75) is 25.9 Å². The summed E-state index contributed by atoms with van der Waals surface area (Å²) in [6.07, 6.45) is 0.539. The molecule has 0 saturated carbocycles. The van der Waals surface area contributed by atoms with Gasteiger partial charge in [0.05, 0.1) is 6.54 Å². The lowest BCUT2D eigenvalue weighted by Gasteiger charge is -2.10. The summed E-state index contributed by atoms with van der Waals surface area (Å²) in [5.41, 5.74) is 2.12. The minimum atomic E-state index is -0.794. The van der Waals surface area contributed by atoms with Crippen LogP contribution in [0.2, 0.25) is 0 Å². The van der Waals surface area contributed by atoms with E-state index in [-0.39, 0.29) is 12.5 Å². The molecule has 0 radical (unpaired) electrons. The van der Waals surface area contributed by atoms with Gasteiger partial charge in [0.25, 0.3) is 0 Å². The van der Waals surface area contributed by atoms with Gasteiger partial charge in [-0.3, -0.25) is 4.79 Å². The van der Waals surface area contributed by atoms with Crippen molar-refractivity contribution in [2.75, 3.05) is 6.54 Å². The summed E-state index contributed by atoms with van der Waals surface area (Å²) in [6, 6.07) is 7.94. The molecule has 1 aliphatic heterocycles. The molecule has 0 amide bonds. The van der Waals surface area contributed by atoms with Crippen LogP contribution in [0.25, 0.3) is 0 Å². The number of nitrogens with zero attached hydrogens (tertiary/aromatic N) is 1. The van der Waals surface area contributed by atoms with Crippen LogP contribution in [0, 0.1) is 6.92 Å². The van der Waals surface area contributed by atoms with Crippen molar-refractivity contribution in [3.63, 3.8) is 0 Å². The second kappa shape index (κ2) is 4.99. The van der Waals surface area contributed by atoms with Crippen LogP contribution in [0.5, 0.6) is 0 Å². The number of carbonyl (C=O) groups is 1. The number of hydrogen-bond donors (Lipinski definition) is 1. The minimum absolute atomic E-state index is 0.0957. The lowest BCUT2D eigenvalue weighted by Crippen LogP contribution is -2.15. The highest BCUT2D eigenvalue weighted by Gasteiger charge is 2.21. The second-order valence-electron chi connectivity index (χ2n) is 4.19. The summed E-state index contributed by atoms with van der Waals surface area (Å²) in [4.78, 5) is 14.8. The van der Waals surface area contributed by atoms with E-state index in [4.69, 9.17) is 9.84 Å². The van der Waals surface area contributed by atoms with Crippen molar-refractivity contribution < 1.29 is 14.6 Å². The quantitative estimate of drug-likeness (QED) is 0.865. The number of benzene rings is 1. The third kappa shape index (κ3) is 3.06. The second-order valence-corrected chi connectivity index (χ2v) is 4.19. The molecule has 0 aromatic heterocycles. The molecule has 90 valence electrons. The van der Waals surface area contributed by atoms with Gasteiger partial charge in [-0.25, -0.2) is 4.99 Å². The van der Waals surface area contributed by atoms with E-state index in [0.29, 0.717) is 18.9 Å². The number of ether oxygens (including phenoxy) is 1. The van der Waals surface area contributed by atoms with Gasteiger partial charge in [0.1, 0.15) is 6.10 Å². The van der Waals surface area contributed by atoms with Gasteiger partial charge in [-0.15, -0.1) is 0 Å². The van der Waals surface area contributed by atoms with Gasteiger partial charge in [0, 0.05) is 12.0 Å². The van der Waals surface area contributed by atoms with Gasteiger partial charge in [-0.05, 0) is 25.5 Å². The number of aliphatic imine (C=N–C) groups is 1. The summed E-state index contributed by atoms with van der Waals surface area (Å²) < 4.78 is 5.64. The van der Waals surface area contributed by atoms with Crippen LogP contribution in [0.4, 0.5) is 0 Å². The molecule has 0 saturated heterocycles. The summed E-state index contributed by atoms with van der Waals surface area (Å²) in [6.45, 7) is 2.57. The molecule has 0 spiro atoms. The van der Waals surface area contributed by atoms with E-state index in [1.165, 1.54) is 0 Å². The largest absolute Gasteiger partial charge is 0.481 e. The van der Waals surface area contributed by atoms with Crippen LogP contribution in [0.15, 0.2) is 29.3 Å². The lowest BCUT2D eigenvalue weighted by molar-refractivity contribution is -0.137. The molecule has 1 aromatic rings. The van der Waals surface area contributed by atoms with E-state index in [1.807, 2.05) is 31.2 Å². The van der Waals surface area contributed by atoms with Gasteiger partial charge in [0.2, 0.25) is 5.90 Å². The third-order valence-corrected chi connectivity index (χ3v) is 2.66. The number of carboxylic acids is 1. The molecular formula is C13H15NO3. The van der Waals surface area contributed by atoms with Gasteiger partial charge in [0.15, 0.2) is 0 Å². The molecule has 1 aliphatic rings. The zero-order valence-electron chi connectivity index (χ0n) is 9.72. The first-order valence-electron chi connectivity index (χ1n) is 5.65. The Bertz CT molecular complexity index is 454. The van der Waals surface area contributed by atoms with Crippen LogP contribution in [-0.4, -0.2) is 29.6 Å². The van der Waals surface area contributed by atoms with Crippen molar-refractivity contribution in [1.82, 2.24) is 0 Å². The van der Waals surface area contributed by atoms with Gasteiger partial charge >= 0.3 is 5.97 Å². The average molecular weight is 233 g/mol. The first-order valence-corrected chi connectivity index (χ1v) is 5.65. The van der Waals surface area contributed by atoms with Crippen LogP contribution in [0.1, 0.15) is 24.0 Å². The van der Waals surface area contributed by atoms with Gasteiger partial charge in [-0.1, -0.05) is 17.7 Å². The van der Waals surface area contributed by atoms with E-state index in [9.17, 15) is 4.79 Å². The zero-order valence-corrected chi connectivity index (χ0v) is 9.72. The fourth-order valence-electron chi connectivity index (χ4n) is 1.79. The van der Waals surface area contributed by atoms with Crippen LogP contribution in [0.3, 0.4) is 0 Å². The predicted molar refractivity (Wildman–Crippen MR) is 64.3 cm³/mol. The molecule has 1 atom stereocenters. The van der Waals surface area contributed by atoms with Crippen molar-refractivity contribution in [3.8, 4) is 0 Å². The van der Waals surface area contributed by atoms with Crippen LogP contribution in [-0.2, 0) is 9.53 Å². The maximum Gasteiger partial charge on any atom is 0.303 e. The first-order chi connectivity index (χ1) is 8.15. The number of hydrogen-bond acceptors (Lipinski definition) is 3. The zero-order chi connectivity index (χ0) is 12.3. The van der Waals surface area contributed by atoms with Crippen LogP contribution >= 0.6 is 0 Å². The van der Waals surface area contributed by atoms with E-state index in [0.717, 1.165) is 11.1 Å². The summed E-state index contributed by atoms with van der Waals surface area (Å²) >= 11 is 0. The molecule has 1 aromatic carbocycles. The maximum absolute atomic E-state index is 10.5. The molecule has 4 nitrogen and oxygen atoms in total. The molecule has 4 heteroatoms. The molecule has 1 heterocycles. The van der Waals surface area contributed by atoms with E-state index in [1.54, 1.807) is 0 Å². The SMILES string of the molecule is Cc1cccc(C2=NCC(CCC(=O)O)O2)c1. The normalized spacial score (nSPS) is 18.6. The smallest absolute Gasteiger partial charge is 0.303 e. The Balaban J connectivity index is 1.95. The Labute approximate surface area is 99.9 Å². The van der Waals surface area contributed by atoms with Crippen molar-refractivity contribution in [2.24, 2.45) is 4.99 Å². The van der Waals surface area contributed by atoms with E-state index >= 15 is 0 Å². The van der Waals surface area contributed by atoms with Gasteiger partial charge < -0.3 is 9.84 Å². The molecule has 2 rings (SSSR count). The van der Waals surface area contributed by atoms with Crippen molar-refractivity contribution in [3.05, 3.63) is 35.4 Å². The molecule has 1 unspecified atom stereocenters. The minimum Gasteiger partial charge on any atom is -0.481 e. The topological polar surface area (TPSA) is 58.9 Å². The third-order valence-electron chi connectivity index (χ3n) is 2.66. The molecule has 0 bridgehead atoms. The highest BCUT2D eigenvalue weighted by Crippen LogP contribution is 2.16. The fraction of sp³-hybridized carbons (Fsp3) is 0.385. The lowest BCUT2D eigenvalue weighted by atomic mass is 10.1. The van der Waals surface area contributed by atoms with Crippen LogP contribution < -0.4 is 0 Å². The summed E-state index contributed by atoms with van der Waals surface area (Å²) in [7, 11) is 0. The molecule has 1 N–H and O–H groups in total. The average Bonchev–Trinajstić information content (AvgIpc) is 2.75. The Morgan fingerprint density at radius 1 is 1.59 bits per heavy atom. The molecule has 0 aliphatic carbocycles. The molecule has 0 fully saturated rings. The monoisotopic (exact) mass is 233 g/mol. The van der Waals surface area contributed by atoms with Gasteiger partial charge in [-0.2, -0.15) is 0 Å². The van der Waals surface area contributed by atoms with E-state index in [2.05, 4.69) is 4.99 Å². The Morgan fingerprint density at radius 2 is 2.41 bits per heavy atom. The highest BCUT2D eigenvalue weighted by atomic mass is 16.5. The highest BCUT2D eigenvalue weighted by molar-refractivity contribution is 5.95. The fourth-order valence-corrected chi connectivity index (χ4v) is 1.79. The Morgan fingerprint density at radius 3 is 3.12 bits per heavy atom. The standard InChI is InChI=1S/C13H15NO3/c1-9-3-2-4-10(7-9)13-14-8-11(17-13)5-6-12(15)16/h2-4,7,11H,5-6,8H2,1H3,(H,15,16). The maximum atomic E-state index is 10.5. The number of aliphatic carboxylic acids is 1. The van der Waals surface area contributed by atoms with Crippen molar-refractivity contribution >= 4 is 11.9 Å². The van der Waals surface area contributed by atoms with Crippen molar-refractivity contribution in [1.29, 1.82) is 0 Å². The summed E-state index contributed by atoms with van der Waals surface area (Å²) in [5.74, 6) is -0.165. The number of rotatable bonds is 4.